The van der Waals surface area contributed by atoms with E-state index in [-0.39, 0.29) is 33.9 Å². The Labute approximate surface area is 287 Å². The SMILES string of the molecule is [C-]#[N+]c1c(-n2c3ncccc3c3cccnc32)c(C#N)c(-n2c3ncccc3c3cccnc32)c(C#N)c1-n1c2ncccc2c2cccnc21. The molecule has 0 amide bonds. The number of nitriles is 2. The number of hydrogen-bond acceptors (Lipinski definition) is 8. The lowest BCUT2D eigenvalue weighted by Crippen LogP contribution is -2.13. The van der Waals surface area contributed by atoms with Crippen LogP contribution in [0.3, 0.4) is 0 Å². The van der Waals surface area contributed by atoms with Crippen molar-refractivity contribution < 1.29 is 0 Å². The van der Waals surface area contributed by atoms with Crippen LogP contribution in [0.15, 0.2) is 110 Å². The lowest BCUT2D eigenvalue weighted by molar-refractivity contribution is 1.03. The summed E-state index contributed by atoms with van der Waals surface area (Å²) in [7, 11) is 0. The van der Waals surface area contributed by atoms with Crippen LogP contribution in [0.4, 0.5) is 5.69 Å². The highest BCUT2D eigenvalue weighted by molar-refractivity contribution is 6.11. The van der Waals surface area contributed by atoms with Crippen molar-refractivity contribution in [2.24, 2.45) is 0 Å². The van der Waals surface area contributed by atoms with E-state index in [1.165, 1.54) is 0 Å². The van der Waals surface area contributed by atoms with Crippen LogP contribution in [-0.4, -0.2) is 43.6 Å². The summed E-state index contributed by atoms with van der Waals surface area (Å²) in [5, 5.41) is 27.3. The second-order valence-corrected chi connectivity index (χ2v) is 11.7. The van der Waals surface area contributed by atoms with Gasteiger partial charge in [-0.1, -0.05) is 0 Å². The molecule has 51 heavy (non-hydrogen) atoms. The predicted molar refractivity (Wildman–Crippen MR) is 192 cm³/mol. The maximum Gasteiger partial charge on any atom is 0.236 e. The smallest absolute Gasteiger partial charge is 0.236 e. The number of rotatable bonds is 3. The van der Waals surface area contributed by atoms with Crippen LogP contribution in [0.1, 0.15) is 11.1 Å². The van der Waals surface area contributed by atoms with Crippen LogP contribution >= 0.6 is 0 Å². The molecule has 234 valence electrons. The largest absolute Gasteiger partial charge is 0.287 e. The third kappa shape index (κ3) is 3.63. The molecule has 10 aromatic rings. The first-order valence-corrected chi connectivity index (χ1v) is 15.8. The summed E-state index contributed by atoms with van der Waals surface area (Å²) in [6, 6.07) is 27.4. The van der Waals surface area contributed by atoms with E-state index in [2.05, 4.69) is 17.0 Å². The second kappa shape index (κ2) is 10.5. The van der Waals surface area contributed by atoms with Crippen molar-refractivity contribution in [3.05, 3.63) is 133 Å². The number of hydrogen-bond donors (Lipinski definition) is 0. The third-order valence-electron chi connectivity index (χ3n) is 9.26. The molecule has 0 aliphatic rings. The Hall–Kier alpha value is -8.01. The molecular formula is C39H18N12. The number of benzene rings is 1. The van der Waals surface area contributed by atoms with Crippen LogP contribution in [0, 0.1) is 29.2 Å². The van der Waals surface area contributed by atoms with E-state index in [0.717, 1.165) is 32.3 Å². The summed E-state index contributed by atoms with van der Waals surface area (Å²) in [4.78, 5) is 32.7. The van der Waals surface area contributed by atoms with Crippen LogP contribution in [-0.2, 0) is 0 Å². The molecule has 9 heterocycles. The van der Waals surface area contributed by atoms with Gasteiger partial charge in [0.1, 0.15) is 46.0 Å². The van der Waals surface area contributed by atoms with Gasteiger partial charge in [-0.3, -0.25) is 13.7 Å². The van der Waals surface area contributed by atoms with Gasteiger partial charge in [0.2, 0.25) is 5.69 Å². The van der Waals surface area contributed by atoms with E-state index in [0.29, 0.717) is 33.9 Å². The summed E-state index contributed by atoms with van der Waals surface area (Å²) in [6.45, 7) is 8.78. The molecule has 0 bridgehead atoms. The summed E-state index contributed by atoms with van der Waals surface area (Å²) in [5.74, 6) is 0. The number of nitrogens with zero attached hydrogens (tertiary/aromatic N) is 12. The third-order valence-corrected chi connectivity index (χ3v) is 9.26. The normalized spacial score (nSPS) is 11.5. The van der Waals surface area contributed by atoms with Gasteiger partial charge in [0.05, 0.1) is 34.8 Å². The fourth-order valence-corrected chi connectivity index (χ4v) is 7.32. The topological polar surface area (TPSA) is 144 Å². The Bertz CT molecular complexity index is 2730. The van der Waals surface area contributed by atoms with E-state index in [4.69, 9.17) is 36.5 Å². The maximum absolute atomic E-state index is 11.3. The molecule has 0 aliphatic carbocycles. The van der Waals surface area contributed by atoms with E-state index in [1.54, 1.807) is 50.9 Å². The first kappa shape index (κ1) is 28.0. The quantitative estimate of drug-likeness (QED) is 0.177. The molecule has 0 unspecified atom stereocenters. The number of pyridine rings is 6. The van der Waals surface area contributed by atoms with E-state index in [9.17, 15) is 10.5 Å². The highest BCUT2D eigenvalue weighted by Crippen LogP contribution is 2.47. The van der Waals surface area contributed by atoms with Gasteiger partial charge in [-0.15, -0.1) is 0 Å². The van der Waals surface area contributed by atoms with Gasteiger partial charge in [0.15, 0.2) is 0 Å². The molecule has 0 radical (unpaired) electrons. The van der Waals surface area contributed by atoms with Crippen molar-refractivity contribution in [2.45, 2.75) is 0 Å². The Morgan fingerprint density at radius 2 is 0.686 bits per heavy atom. The van der Waals surface area contributed by atoms with Gasteiger partial charge in [-0.25, -0.2) is 34.7 Å². The van der Waals surface area contributed by atoms with Crippen LogP contribution < -0.4 is 0 Å². The van der Waals surface area contributed by atoms with Gasteiger partial charge >= 0.3 is 0 Å². The summed E-state index contributed by atoms with van der Waals surface area (Å²) < 4.78 is 5.23. The molecule has 10 rings (SSSR count). The zero-order valence-electron chi connectivity index (χ0n) is 26.3. The van der Waals surface area contributed by atoms with Crippen molar-refractivity contribution >= 4 is 71.9 Å². The van der Waals surface area contributed by atoms with Crippen molar-refractivity contribution in [3.63, 3.8) is 0 Å². The molecule has 0 fully saturated rings. The minimum Gasteiger partial charge on any atom is -0.287 e. The minimum absolute atomic E-state index is 0.0266. The summed E-state index contributed by atoms with van der Waals surface area (Å²) >= 11 is 0. The Morgan fingerprint density at radius 1 is 0.431 bits per heavy atom. The Kier molecular flexibility index (Phi) is 5.77. The fraction of sp³-hybridized carbons (Fsp3) is 0. The molecule has 0 N–H and O–H groups in total. The van der Waals surface area contributed by atoms with Gasteiger partial charge in [-0.2, -0.15) is 10.5 Å². The second-order valence-electron chi connectivity index (χ2n) is 11.7. The highest BCUT2D eigenvalue weighted by atomic mass is 15.2. The standard InChI is InChI=1S/C39H18N12/c1-42-30-32(50-36-24(10-4-16-45-36)25-11-5-17-46-37(25)50)28(20-40)31(49-34-22(8-2-14-43-34)23-9-3-15-44-35(23)49)29(21-41)33(30)51-38-26(12-6-18-47-38)27-13-7-19-48-39(27)51/h2-19H. The van der Waals surface area contributed by atoms with Gasteiger partial charge in [-0.05, 0) is 72.8 Å². The first-order chi connectivity index (χ1) is 25.2. The zero-order valence-corrected chi connectivity index (χ0v) is 26.3. The van der Waals surface area contributed by atoms with E-state index in [1.807, 2.05) is 72.8 Å². The molecule has 0 spiro atoms. The average molecular weight is 655 g/mol. The predicted octanol–water partition coefficient (Wildman–Crippen LogP) is 7.64. The molecule has 0 saturated carbocycles. The number of aromatic nitrogens is 9. The van der Waals surface area contributed by atoms with Gasteiger partial charge in [0.25, 0.3) is 0 Å². The first-order valence-electron chi connectivity index (χ1n) is 15.8. The minimum atomic E-state index is 0.0266. The fourth-order valence-electron chi connectivity index (χ4n) is 7.32. The molecular weight excluding hydrogens is 637 g/mol. The van der Waals surface area contributed by atoms with Crippen LogP contribution in [0.2, 0.25) is 0 Å². The van der Waals surface area contributed by atoms with Crippen molar-refractivity contribution in [1.29, 1.82) is 10.5 Å². The average Bonchev–Trinajstić information content (AvgIpc) is 3.82. The molecule has 0 aliphatic heterocycles. The zero-order chi connectivity index (χ0) is 34.2. The van der Waals surface area contributed by atoms with Gasteiger partial charge in [0, 0.05) is 69.5 Å². The van der Waals surface area contributed by atoms with Crippen molar-refractivity contribution in [2.75, 3.05) is 0 Å². The lowest BCUT2D eigenvalue weighted by Gasteiger charge is -2.22. The molecule has 1 aromatic carbocycles. The van der Waals surface area contributed by atoms with Gasteiger partial charge < -0.3 is 0 Å². The van der Waals surface area contributed by atoms with E-state index < -0.39 is 0 Å². The highest BCUT2D eigenvalue weighted by Gasteiger charge is 2.33. The van der Waals surface area contributed by atoms with Crippen LogP contribution in [0.5, 0.6) is 0 Å². The lowest BCUT2D eigenvalue weighted by atomic mass is 10.00. The molecule has 0 saturated heterocycles. The maximum atomic E-state index is 11.3. The number of fused-ring (bicyclic) bond motifs is 9. The van der Waals surface area contributed by atoms with Crippen LogP contribution in [0.25, 0.3) is 88.1 Å². The molecule has 0 atom stereocenters. The Balaban J connectivity index is 1.53. The molecule has 12 nitrogen and oxygen atoms in total. The van der Waals surface area contributed by atoms with Crippen molar-refractivity contribution in [1.82, 2.24) is 43.6 Å². The molecule has 9 aromatic heterocycles. The molecule has 12 heteroatoms. The summed E-state index contributed by atoms with van der Waals surface area (Å²) in [6.07, 6.45) is 9.96. The van der Waals surface area contributed by atoms with E-state index >= 15 is 0 Å². The monoisotopic (exact) mass is 654 g/mol. The Morgan fingerprint density at radius 3 is 0.922 bits per heavy atom. The van der Waals surface area contributed by atoms with Crippen molar-refractivity contribution in [3.8, 4) is 29.2 Å². The summed E-state index contributed by atoms with van der Waals surface area (Å²) in [5.41, 5.74) is 3.69.